The summed E-state index contributed by atoms with van der Waals surface area (Å²) >= 11 is 0. The topological polar surface area (TPSA) is 12.0 Å². The molecule has 2 heteroatoms. The molecule has 1 rings (SSSR count). The first kappa shape index (κ1) is 12.2. The molecule has 74 valence electrons. The quantitative estimate of drug-likeness (QED) is 0.724. The third-order valence-corrected chi connectivity index (χ3v) is 2.90. The van der Waals surface area contributed by atoms with Crippen LogP contribution in [0.15, 0.2) is 0 Å². The number of halogens is 1. The fraction of sp³-hybridized carbons (Fsp3) is 1.00. The minimum absolute atomic E-state index is 0. The largest absolute Gasteiger partial charge is 0.317 e. The van der Waals surface area contributed by atoms with Gasteiger partial charge in [-0.2, -0.15) is 0 Å². The standard InChI is InChI=1S/C10H21N.ClH/c1-9(11-2)8-10-6-4-3-5-7-10;/h9-11H,3-8H2,1-2H3;1H/t9-;/m0./s1. The molecule has 0 heterocycles. The first-order chi connectivity index (χ1) is 5.33. The summed E-state index contributed by atoms with van der Waals surface area (Å²) in [7, 11) is 2.06. The van der Waals surface area contributed by atoms with Crippen molar-refractivity contribution in [1.82, 2.24) is 5.32 Å². The molecule has 1 atom stereocenters. The van der Waals surface area contributed by atoms with Crippen LogP contribution < -0.4 is 5.32 Å². The number of rotatable bonds is 3. The van der Waals surface area contributed by atoms with Gasteiger partial charge in [-0.3, -0.25) is 0 Å². The molecule has 1 saturated carbocycles. The maximum atomic E-state index is 3.31. The molecule has 0 aromatic heterocycles. The van der Waals surface area contributed by atoms with Gasteiger partial charge in [0.15, 0.2) is 0 Å². The molecule has 1 aliphatic carbocycles. The van der Waals surface area contributed by atoms with Crippen LogP contribution in [-0.4, -0.2) is 13.1 Å². The van der Waals surface area contributed by atoms with E-state index >= 15 is 0 Å². The van der Waals surface area contributed by atoms with Gasteiger partial charge in [-0.1, -0.05) is 32.1 Å². The molecular formula is C10H22ClN. The van der Waals surface area contributed by atoms with E-state index in [0.29, 0.717) is 0 Å². The van der Waals surface area contributed by atoms with Crippen molar-refractivity contribution in [3.8, 4) is 0 Å². The van der Waals surface area contributed by atoms with Crippen molar-refractivity contribution in [3.05, 3.63) is 0 Å². The summed E-state index contributed by atoms with van der Waals surface area (Å²) in [4.78, 5) is 0. The molecule has 0 amide bonds. The predicted octanol–water partition coefficient (Wildman–Crippen LogP) is 2.99. The van der Waals surface area contributed by atoms with Gasteiger partial charge in [-0.25, -0.2) is 0 Å². The number of hydrogen-bond donors (Lipinski definition) is 1. The lowest BCUT2D eigenvalue weighted by Crippen LogP contribution is -2.25. The van der Waals surface area contributed by atoms with Gasteiger partial charge in [0.25, 0.3) is 0 Å². The molecule has 1 fully saturated rings. The fourth-order valence-electron chi connectivity index (χ4n) is 2.04. The monoisotopic (exact) mass is 191 g/mol. The van der Waals surface area contributed by atoms with E-state index in [-0.39, 0.29) is 12.4 Å². The van der Waals surface area contributed by atoms with E-state index in [2.05, 4.69) is 19.3 Å². The summed E-state index contributed by atoms with van der Waals surface area (Å²) in [6, 6.07) is 0.720. The van der Waals surface area contributed by atoms with E-state index in [1.165, 1.54) is 38.5 Å². The van der Waals surface area contributed by atoms with Crippen molar-refractivity contribution < 1.29 is 0 Å². The van der Waals surface area contributed by atoms with Gasteiger partial charge in [0.05, 0.1) is 0 Å². The number of hydrogen-bond acceptors (Lipinski definition) is 1. The molecule has 0 saturated heterocycles. The van der Waals surface area contributed by atoms with E-state index in [1.54, 1.807) is 0 Å². The summed E-state index contributed by atoms with van der Waals surface area (Å²) in [6.07, 6.45) is 8.77. The average Bonchev–Trinajstić information content (AvgIpc) is 2.06. The maximum absolute atomic E-state index is 3.31. The van der Waals surface area contributed by atoms with E-state index in [1.807, 2.05) is 0 Å². The second-order valence-electron chi connectivity index (χ2n) is 3.93. The fourth-order valence-corrected chi connectivity index (χ4v) is 2.04. The van der Waals surface area contributed by atoms with Crippen LogP contribution in [0.5, 0.6) is 0 Å². The predicted molar refractivity (Wildman–Crippen MR) is 57.0 cm³/mol. The maximum Gasteiger partial charge on any atom is 0.00383 e. The Kier molecular flexibility index (Phi) is 6.87. The van der Waals surface area contributed by atoms with E-state index in [0.717, 1.165) is 12.0 Å². The Morgan fingerprint density at radius 3 is 2.33 bits per heavy atom. The number of nitrogens with one attached hydrogen (secondary N) is 1. The van der Waals surface area contributed by atoms with Gasteiger partial charge in [0.2, 0.25) is 0 Å². The van der Waals surface area contributed by atoms with Gasteiger partial charge < -0.3 is 5.32 Å². The smallest absolute Gasteiger partial charge is 0.00383 e. The van der Waals surface area contributed by atoms with E-state index in [4.69, 9.17) is 0 Å². The molecule has 0 radical (unpaired) electrons. The highest BCUT2D eigenvalue weighted by Crippen LogP contribution is 2.26. The van der Waals surface area contributed by atoms with Gasteiger partial charge in [-0.05, 0) is 26.3 Å². The molecular weight excluding hydrogens is 170 g/mol. The van der Waals surface area contributed by atoms with E-state index in [9.17, 15) is 0 Å². The van der Waals surface area contributed by atoms with Crippen LogP contribution in [0.4, 0.5) is 0 Å². The molecule has 1 nitrogen and oxygen atoms in total. The first-order valence-electron chi connectivity index (χ1n) is 5.00. The highest BCUT2D eigenvalue weighted by molar-refractivity contribution is 5.85. The molecule has 0 bridgehead atoms. The molecule has 0 unspecified atom stereocenters. The lowest BCUT2D eigenvalue weighted by Gasteiger charge is -2.24. The Hall–Kier alpha value is 0.250. The van der Waals surface area contributed by atoms with Gasteiger partial charge in [0.1, 0.15) is 0 Å². The zero-order valence-corrected chi connectivity index (χ0v) is 9.12. The Balaban J connectivity index is 0.00000121. The molecule has 0 spiro atoms. The second kappa shape index (κ2) is 6.73. The first-order valence-corrected chi connectivity index (χ1v) is 5.00. The highest BCUT2D eigenvalue weighted by atomic mass is 35.5. The van der Waals surface area contributed by atoms with Crippen molar-refractivity contribution in [2.45, 2.75) is 51.5 Å². The Morgan fingerprint density at radius 2 is 1.83 bits per heavy atom. The van der Waals surface area contributed by atoms with Crippen LogP contribution in [0, 0.1) is 5.92 Å². The van der Waals surface area contributed by atoms with Crippen molar-refractivity contribution in [3.63, 3.8) is 0 Å². The molecule has 12 heavy (non-hydrogen) atoms. The van der Waals surface area contributed by atoms with Crippen LogP contribution in [0.25, 0.3) is 0 Å². The molecule has 0 aromatic rings. The van der Waals surface area contributed by atoms with Gasteiger partial charge in [0, 0.05) is 6.04 Å². The van der Waals surface area contributed by atoms with Gasteiger partial charge >= 0.3 is 0 Å². The molecule has 1 N–H and O–H groups in total. The van der Waals surface area contributed by atoms with Crippen LogP contribution in [0.3, 0.4) is 0 Å². The van der Waals surface area contributed by atoms with Crippen molar-refractivity contribution in [1.29, 1.82) is 0 Å². The lowest BCUT2D eigenvalue weighted by molar-refractivity contribution is 0.311. The van der Waals surface area contributed by atoms with Crippen LogP contribution in [0.2, 0.25) is 0 Å². The Labute approximate surface area is 82.7 Å². The third-order valence-electron chi connectivity index (χ3n) is 2.90. The normalized spacial score (nSPS) is 21.5. The van der Waals surface area contributed by atoms with Crippen molar-refractivity contribution >= 4 is 12.4 Å². The highest BCUT2D eigenvalue weighted by Gasteiger charge is 2.14. The summed E-state index contributed by atoms with van der Waals surface area (Å²) in [5.41, 5.74) is 0. The van der Waals surface area contributed by atoms with Crippen molar-refractivity contribution in [2.24, 2.45) is 5.92 Å². The zero-order chi connectivity index (χ0) is 8.10. The minimum atomic E-state index is 0. The summed E-state index contributed by atoms with van der Waals surface area (Å²) in [6.45, 7) is 2.29. The average molecular weight is 192 g/mol. The SMILES string of the molecule is CN[C@@H](C)CC1CCCCC1.Cl. The molecule has 0 aliphatic heterocycles. The van der Waals surface area contributed by atoms with Crippen LogP contribution in [0.1, 0.15) is 45.4 Å². The van der Waals surface area contributed by atoms with Crippen molar-refractivity contribution in [2.75, 3.05) is 7.05 Å². The Morgan fingerprint density at radius 1 is 1.25 bits per heavy atom. The molecule has 0 aromatic carbocycles. The molecule has 1 aliphatic rings. The lowest BCUT2D eigenvalue weighted by atomic mass is 9.85. The second-order valence-corrected chi connectivity index (χ2v) is 3.93. The minimum Gasteiger partial charge on any atom is -0.317 e. The van der Waals surface area contributed by atoms with Gasteiger partial charge in [-0.15, -0.1) is 12.4 Å². The van der Waals surface area contributed by atoms with E-state index < -0.39 is 0 Å². The Bertz CT molecular complexity index is 100. The zero-order valence-electron chi connectivity index (χ0n) is 8.31. The summed E-state index contributed by atoms with van der Waals surface area (Å²) in [5.74, 6) is 1.02. The summed E-state index contributed by atoms with van der Waals surface area (Å²) < 4.78 is 0. The summed E-state index contributed by atoms with van der Waals surface area (Å²) in [5, 5.41) is 3.31. The van der Waals surface area contributed by atoms with Crippen LogP contribution in [-0.2, 0) is 0 Å². The third kappa shape index (κ3) is 4.32. The van der Waals surface area contributed by atoms with Crippen LogP contribution >= 0.6 is 12.4 Å².